The third-order valence-electron chi connectivity index (χ3n) is 4.86. The molecule has 0 saturated heterocycles. The number of nitrogens with one attached hydrogen (secondary N) is 1. The standard InChI is InChI=1S/C17H28N4OS2/c1-3-10-18-16-19-20-17(24-16)23-11-15(22)21(14-8-9-14)13-6-4-12(2)5-7-13/h12-14H,3-11H2,1-2H3,(H,18,19). The van der Waals surface area contributed by atoms with E-state index in [2.05, 4.69) is 34.3 Å². The first-order chi connectivity index (χ1) is 11.7. The number of amides is 1. The highest BCUT2D eigenvalue weighted by molar-refractivity contribution is 8.01. The Morgan fingerprint density at radius 3 is 2.50 bits per heavy atom. The highest BCUT2D eigenvalue weighted by Crippen LogP contribution is 2.36. The van der Waals surface area contributed by atoms with E-state index in [1.54, 1.807) is 11.3 Å². The van der Waals surface area contributed by atoms with Crippen molar-refractivity contribution in [1.29, 1.82) is 0 Å². The van der Waals surface area contributed by atoms with Crippen molar-refractivity contribution in [1.82, 2.24) is 15.1 Å². The molecule has 0 spiro atoms. The summed E-state index contributed by atoms with van der Waals surface area (Å²) in [6.45, 7) is 5.36. The Kier molecular flexibility index (Phi) is 6.38. The topological polar surface area (TPSA) is 58.1 Å². The van der Waals surface area contributed by atoms with Gasteiger partial charge in [0.25, 0.3) is 0 Å². The van der Waals surface area contributed by atoms with E-state index in [1.165, 1.54) is 50.3 Å². The van der Waals surface area contributed by atoms with Crippen LogP contribution in [0.1, 0.15) is 58.8 Å². The summed E-state index contributed by atoms with van der Waals surface area (Å²) in [6, 6.07) is 0.978. The van der Waals surface area contributed by atoms with Gasteiger partial charge in [-0.25, -0.2) is 0 Å². The molecule has 1 N–H and O–H groups in total. The second-order valence-corrected chi connectivity index (χ2v) is 9.23. The van der Waals surface area contributed by atoms with Gasteiger partial charge in [0.15, 0.2) is 4.34 Å². The van der Waals surface area contributed by atoms with Crippen molar-refractivity contribution in [3.8, 4) is 0 Å². The molecule has 3 rings (SSSR count). The predicted molar refractivity (Wildman–Crippen MR) is 101 cm³/mol. The monoisotopic (exact) mass is 368 g/mol. The zero-order valence-corrected chi connectivity index (χ0v) is 16.3. The molecular formula is C17H28N4OS2. The van der Waals surface area contributed by atoms with Crippen LogP contribution < -0.4 is 5.32 Å². The fourth-order valence-corrected chi connectivity index (χ4v) is 5.00. The molecule has 2 saturated carbocycles. The lowest BCUT2D eigenvalue weighted by molar-refractivity contribution is -0.132. The summed E-state index contributed by atoms with van der Waals surface area (Å²) in [5, 5.41) is 12.4. The first-order valence-electron chi connectivity index (χ1n) is 9.18. The van der Waals surface area contributed by atoms with E-state index in [9.17, 15) is 4.79 Å². The minimum absolute atomic E-state index is 0.292. The molecule has 1 amide bonds. The normalized spacial score (nSPS) is 23.9. The minimum atomic E-state index is 0.292. The molecule has 2 aliphatic rings. The fourth-order valence-electron chi connectivity index (χ4n) is 3.35. The van der Waals surface area contributed by atoms with Gasteiger partial charge in [-0.05, 0) is 50.9 Å². The number of rotatable bonds is 8. The average Bonchev–Trinajstić information content (AvgIpc) is 3.31. The van der Waals surface area contributed by atoms with Crippen LogP contribution in [0, 0.1) is 5.92 Å². The fraction of sp³-hybridized carbons (Fsp3) is 0.824. The van der Waals surface area contributed by atoms with Crippen LogP contribution in [-0.2, 0) is 4.79 Å². The number of aromatic nitrogens is 2. The Morgan fingerprint density at radius 2 is 1.88 bits per heavy atom. The quantitative estimate of drug-likeness (QED) is 0.702. The molecule has 134 valence electrons. The molecule has 2 aliphatic carbocycles. The molecule has 0 atom stereocenters. The van der Waals surface area contributed by atoms with Gasteiger partial charge in [0.1, 0.15) is 0 Å². The number of anilines is 1. The van der Waals surface area contributed by atoms with Crippen LogP contribution in [0.3, 0.4) is 0 Å². The lowest BCUT2D eigenvalue weighted by Gasteiger charge is -2.36. The van der Waals surface area contributed by atoms with Crippen molar-refractivity contribution in [2.45, 2.75) is 75.2 Å². The minimum Gasteiger partial charge on any atom is -0.360 e. The Morgan fingerprint density at radius 1 is 1.21 bits per heavy atom. The molecular weight excluding hydrogens is 340 g/mol. The molecule has 5 nitrogen and oxygen atoms in total. The third-order valence-corrected chi connectivity index (χ3v) is 6.86. The molecule has 0 aliphatic heterocycles. The predicted octanol–water partition coefficient (Wildman–Crippen LogP) is 4.02. The van der Waals surface area contributed by atoms with Crippen LogP contribution in [-0.4, -0.2) is 45.4 Å². The van der Waals surface area contributed by atoms with Crippen molar-refractivity contribution in [2.75, 3.05) is 17.6 Å². The van der Waals surface area contributed by atoms with Gasteiger partial charge in [-0.3, -0.25) is 4.79 Å². The Hall–Kier alpha value is -0.820. The Balaban J connectivity index is 1.51. The van der Waals surface area contributed by atoms with E-state index in [4.69, 9.17) is 0 Å². The smallest absolute Gasteiger partial charge is 0.233 e. The summed E-state index contributed by atoms with van der Waals surface area (Å²) in [5.74, 6) is 1.60. The lowest BCUT2D eigenvalue weighted by Crippen LogP contribution is -2.44. The highest BCUT2D eigenvalue weighted by Gasteiger charge is 2.38. The maximum absolute atomic E-state index is 12.8. The highest BCUT2D eigenvalue weighted by atomic mass is 32.2. The summed E-state index contributed by atoms with van der Waals surface area (Å²) in [4.78, 5) is 15.0. The van der Waals surface area contributed by atoms with Gasteiger partial charge in [-0.2, -0.15) is 0 Å². The van der Waals surface area contributed by atoms with Crippen LogP contribution in [0.15, 0.2) is 4.34 Å². The largest absolute Gasteiger partial charge is 0.360 e. The molecule has 0 bridgehead atoms. The maximum atomic E-state index is 12.8. The van der Waals surface area contributed by atoms with E-state index in [-0.39, 0.29) is 0 Å². The molecule has 1 aromatic rings. The van der Waals surface area contributed by atoms with E-state index in [0.717, 1.165) is 28.4 Å². The van der Waals surface area contributed by atoms with Gasteiger partial charge in [-0.15, -0.1) is 10.2 Å². The van der Waals surface area contributed by atoms with Crippen LogP contribution >= 0.6 is 23.1 Å². The first-order valence-corrected chi connectivity index (χ1v) is 11.0. The zero-order valence-electron chi connectivity index (χ0n) is 14.7. The molecule has 2 fully saturated rings. The van der Waals surface area contributed by atoms with Crippen molar-refractivity contribution < 1.29 is 4.79 Å². The summed E-state index contributed by atoms with van der Waals surface area (Å²) >= 11 is 3.08. The van der Waals surface area contributed by atoms with Crippen LogP contribution in [0.25, 0.3) is 0 Å². The molecule has 0 unspecified atom stereocenters. The van der Waals surface area contributed by atoms with Gasteiger partial charge in [0, 0.05) is 18.6 Å². The van der Waals surface area contributed by atoms with Crippen molar-refractivity contribution in [2.24, 2.45) is 5.92 Å². The average molecular weight is 369 g/mol. The van der Waals surface area contributed by atoms with Gasteiger partial charge < -0.3 is 10.2 Å². The molecule has 0 aromatic carbocycles. The summed E-state index contributed by atoms with van der Waals surface area (Å²) in [5.41, 5.74) is 0. The Bertz CT molecular complexity index is 538. The van der Waals surface area contributed by atoms with Gasteiger partial charge in [-0.1, -0.05) is 36.9 Å². The first kappa shape index (κ1) is 18.0. The zero-order chi connectivity index (χ0) is 16.9. The molecule has 0 radical (unpaired) electrons. The number of hydrogen-bond acceptors (Lipinski definition) is 6. The number of hydrogen-bond donors (Lipinski definition) is 1. The van der Waals surface area contributed by atoms with Crippen molar-refractivity contribution in [3.05, 3.63) is 0 Å². The van der Waals surface area contributed by atoms with E-state index in [1.807, 2.05) is 0 Å². The van der Waals surface area contributed by atoms with E-state index >= 15 is 0 Å². The van der Waals surface area contributed by atoms with Gasteiger partial charge in [0.2, 0.25) is 11.0 Å². The van der Waals surface area contributed by atoms with Crippen LogP contribution in [0.5, 0.6) is 0 Å². The molecule has 1 heterocycles. The third kappa shape index (κ3) is 4.85. The lowest BCUT2D eigenvalue weighted by atomic mass is 9.86. The molecule has 7 heteroatoms. The second-order valence-electron chi connectivity index (χ2n) is 7.03. The van der Waals surface area contributed by atoms with E-state index < -0.39 is 0 Å². The number of thioether (sulfide) groups is 1. The van der Waals surface area contributed by atoms with E-state index in [0.29, 0.717) is 23.7 Å². The molecule has 1 aromatic heterocycles. The Labute approximate surface area is 153 Å². The summed E-state index contributed by atoms with van der Waals surface area (Å²) in [6.07, 6.45) is 8.32. The van der Waals surface area contributed by atoms with Crippen LogP contribution in [0.2, 0.25) is 0 Å². The maximum Gasteiger partial charge on any atom is 0.233 e. The molecule has 24 heavy (non-hydrogen) atoms. The van der Waals surface area contributed by atoms with Crippen LogP contribution in [0.4, 0.5) is 5.13 Å². The van der Waals surface area contributed by atoms with Gasteiger partial charge in [0.05, 0.1) is 5.75 Å². The van der Waals surface area contributed by atoms with Gasteiger partial charge >= 0.3 is 0 Å². The summed E-state index contributed by atoms with van der Waals surface area (Å²) in [7, 11) is 0. The van der Waals surface area contributed by atoms with Crippen molar-refractivity contribution in [3.63, 3.8) is 0 Å². The number of carbonyl (C=O) groups is 1. The second kappa shape index (κ2) is 8.52. The van der Waals surface area contributed by atoms with Crippen molar-refractivity contribution >= 4 is 34.1 Å². The number of nitrogens with zero attached hydrogens (tertiary/aromatic N) is 3. The summed E-state index contributed by atoms with van der Waals surface area (Å²) < 4.78 is 0.884. The number of carbonyl (C=O) groups excluding carboxylic acids is 1. The SMILES string of the molecule is CCCNc1nnc(SCC(=O)N(C2CCC(C)CC2)C2CC2)s1.